The van der Waals surface area contributed by atoms with Gasteiger partial charge in [-0.15, -0.1) is 5.92 Å². The zero-order valence-electron chi connectivity index (χ0n) is 31.5. The molecule has 0 amide bonds. The molecule has 6 atom stereocenters. The Bertz CT molecular complexity index is 1660. The topological polar surface area (TPSA) is 91.3 Å². The van der Waals surface area contributed by atoms with Gasteiger partial charge in [-0.25, -0.2) is 0 Å². The van der Waals surface area contributed by atoms with Crippen LogP contribution in [0.3, 0.4) is 0 Å². The van der Waals surface area contributed by atoms with Crippen LogP contribution in [0, 0.1) is 29.1 Å². The van der Waals surface area contributed by atoms with Crippen molar-refractivity contribution in [1.29, 1.82) is 0 Å². The molecule has 0 radical (unpaired) electrons. The number of anilines is 1. The van der Waals surface area contributed by atoms with Gasteiger partial charge >= 0.3 is 0 Å². The highest BCUT2D eigenvalue weighted by Gasteiger charge is 2.62. The molecule has 0 heterocycles. The van der Waals surface area contributed by atoms with Crippen molar-refractivity contribution in [3.8, 4) is 23.3 Å². The monoisotopic (exact) mass is 694 g/mol. The maximum absolute atomic E-state index is 12.2. The van der Waals surface area contributed by atoms with Crippen LogP contribution in [0.25, 0.3) is 0 Å². The van der Waals surface area contributed by atoms with Gasteiger partial charge < -0.3 is 29.9 Å². The van der Waals surface area contributed by atoms with Gasteiger partial charge in [0.2, 0.25) is 0 Å². The van der Waals surface area contributed by atoms with Crippen molar-refractivity contribution in [3.05, 3.63) is 89.5 Å². The molecule has 4 aliphatic rings. The Hall–Kier alpha value is -3.83. The van der Waals surface area contributed by atoms with E-state index in [2.05, 4.69) is 73.9 Å². The molecule has 7 nitrogen and oxygen atoms in total. The Morgan fingerprint density at radius 3 is 2.41 bits per heavy atom. The zero-order valence-corrected chi connectivity index (χ0v) is 31.5. The number of hydrogen-bond acceptors (Lipinski definition) is 7. The first kappa shape index (κ1) is 38.4. The number of hydrogen-bond donors (Lipinski definition) is 3. The summed E-state index contributed by atoms with van der Waals surface area (Å²) in [6, 6.07) is 16.7. The van der Waals surface area contributed by atoms with E-state index in [0.717, 1.165) is 38.5 Å². The molecule has 274 valence electrons. The van der Waals surface area contributed by atoms with Crippen LogP contribution in [-0.4, -0.2) is 67.6 Å². The lowest BCUT2D eigenvalue weighted by Crippen LogP contribution is -2.51. The van der Waals surface area contributed by atoms with E-state index in [-0.39, 0.29) is 23.7 Å². The van der Waals surface area contributed by atoms with Gasteiger partial charge in [0, 0.05) is 50.1 Å². The summed E-state index contributed by atoms with van der Waals surface area (Å²) in [5, 5.41) is 24.7. The summed E-state index contributed by atoms with van der Waals surface area (Å²) >= 11 is 0. The van der Waals surface area contributed by atoms with Crippen molar-refractivity contribution in [2.45, 2.75) is 96.3 Å². The minimum absolute atomic E-state index is 0.221. The molecular weight excluding hydrogens is 636 g/mol. The molecule has 0 bridgehead atoms. The van der Waals surface area contributed by atoms with Crippen molar-refractivity contribution in [2.24, 2.45) is 17.3 Å². The summed E-state index contributed by atoms with van der Waals surface area (Å²) in [5.74, 6) is 9.05. The molecule has 2 saturated carbocycles. The number of benzene rings is 2. The van der Waals surface area contributed by atoms with E-state index in [0.29, 0.717) is 48.9 Å². The maximum Gasteiger partial charge on any atom is 0.161 e. The molecule has 0 aromatic heterocycles. The SMILES string of the molecule is C=CCOc1ccccc1OCC(O)CNC(C)C.CC#C[C@]1(O)CC[C@H]2[C@@H]3CCC4=CC(=O)CCC4=C3[C@@H](c3ccc(N(C)C)cc3)C[C@@]21C. The van der Waals surface area contributed by atoms with Gasteiger partial charge in [-0.05, 0) is 104 Å². The van der Waals surface area contributed by atoms with Crippen LogP contribution in [0.15, 0.2) is 84.0 Å². The number of ether oxygens (including phenoxy) is 2. The number of rotatable bonds is 11. The highest BCUT2D eigenvalue weighted by molar-refractivity contribution is 5.93. The fraction of sp³-hybridized carbons (Fsp3) is 0.523. The second-order valence-corrected chi connectivity index (χ2v) is 15.3. The molecule has 6 rings (SSSR count). The number of nitrogens with zero attached hydrogens (tertiary/aromatic N) is 1. The first-order valence-electron chi connectivity index (χ1n) is 18.7. The van der Waals surface area contributed by atoms with Gasteiger partial charge in [-0.1, -0.05) is 69.2 Å². The molecular formula is C44H58N2O5. The van der Waals surface area contributed by atoms with Gasteiger partial charge in [-0.2, -0.15) is 0 Å². The van der Waals surface area contributed by atoms with Gasteiger partial charge in [0.15, 0.2) is 17.3 Å². The minimum atomic E-state index is -0.914. The molecule has 0 aliphatic heterocycles. The van der Waals surface area contributed by atoms with Crippen molar-refractivity contribution in [1.82, 2.24) is 5.32 Å². The maximum atomic E-state index is 12.2. The van der Waals surface area contributed by atoms with Crippen LogP contribution < -0.4 is 19.7 Å². The second-order valence-electron chi connectivity index (χ2n) is 15.3. The molecule has 0 spiro atoms. The number of ketones is 1. The zero-order chi connectivity index (χ0) is 36.8. The van der Waals surface area contributed by atoms with Crippen LogP contribution >= 0.6 is 0 Å². The molecule has 0 saturated heterocycles. The molecule has 1 unspecified atom stereocenters. The standard InChI is InChI=1S/C29H35NO2.C15H23NO3/c1-5-15-29(32)16-14-26-24-12-8-20-17-22(31)11-13-23(20)27(24)25(18-28(26,29)2)19-6-9-21(10-7-19)30(3)4;1-4-9-18-14-7-5-6-8-15(14)19-11-13(17)10-16-12(2)3/h6-7,9-10,17,24-26,32H,8,11-14,16,18H2,1-4H3;4-8,12-13,16-17H,1,9-11H2,2-3H3/t24-,25+,26-,28-,29-;/m0./s1. The van der Waals surface area contributed by atoms with E-state index in [9.17, 15) is 15.0 Å². The van der Waals surface area contributed by atoms with Crippen LogP contribution in [0.1, 0.15) is 84.1 Å². The van der Waals surface area contributed by atoms with Crippen LogP contribution in [0.5, 0.6) is 11.5 Å². The minimum Gasteiger partial charge on any atom is -0.487 e. The van der Waals surface area contributed by atoms with Crippen LogP contribution in [-0.2, 0) is 4.79 Å². The lowest BCUT2D eigenvalue weighted by Gasteiger charge is -2.53. The number of carbonyl (C=O) groups is 1. The smallest absolute Gasteiger partial charge is 0.161 e. The quantitative estimate of drug-likeness (QED) is 0.167. The van der Waals surface area contributed by atoms with E-state index >= 15 is 0 Å². The number of fused-ring (bicyclic) bond motifs is 4. The third-order valence-electron chi connectivity index (χ3n) is 11.4. The van der Waals surface area contributed by atoms with Gasteiger partial charge in [0.25, 0.3) is 0 Å². The Kier molecular flexibility index (Phi) is 12.6. The van der Waals surface area contributed by atoms with Crippen LogP contribution in [0.2, 0.25) is 0 Å². The summed E-state index contributed by atoms with van der Waals surface area (Å²) in [5.41, 5.74) is 5.71. The van der Waals surface area contributed by atoms with E-state index in [1.54, 1.807) is 11.6 Å². The summed E-state index contributed by atoms with van der Waals surface area (Å²) in [6.07, 6.45) is 9.37. The summed E-state index contributed by atoms with van der Waals surface area (Å²) < 4.78 is 11.1. The summed E-state index contributed by atoms with van der Waals surface area (Å²) in [7, 11) is 4.14. The molecule has 7 heteroatoms. The van der Waals surface area contributed by atoms with E-state index < -0.39 is 11.7 Å². The van der Waals surface area contributed by atoms with E-state index in [1.165, 1.54) is 22.4 Å². The predicted octanol–water partition coefficient (Wildman–Crippen LogP) is 7.40. The number of nitrogens with one attached hydrogen (secondary N) is 1. The predicted molar refractivity (Wildman–Crippen MR) is 206 cm³/mol. The van der Waals surface area contributed by atoms with E-state index in [4.69, 9.17) is 9.47 Å². The first-order valence-corrected chi connectivity index (χ1v) is 18.7. The lowest BCUT2D eigenvalue weighted by molar-refractivity contribution is -0.114. The Morgan fingerprint density at radius 1 is 1.06 bits per heavy atom. The van der Waals surface area contributed by atoms with E-state index in [1.807, 2.05) is 51.1 Å². The van der Waals surface area contributed by atoms with Crippen molar-refractivity contribution in [2.75, 3.05) is 38.8 Å². The van der Waals surface area contributed by atoms with Crippen molar-refractivity contribution >= 4 is 11.5 Å². The molecule has 51 heavy (non-hydrogen) atoms. The molecule has 4 aliphatic carbocycles. The average Bonchev–Trinajstić information content (AvgIpc) is 3.38. The van der Waals surface area contributed by atoms with Gasteiger partial charge in [0.1, 0.15) is 24.9 Å². The fourth-order valence-corrected chi connectivity index (χ4v) is 8.84. The van der Waals surface area contributed by atoms with Crippen molar-refractivity contribution in [3.63, 3.8) is 0 Å². The third kappa shape index (κ3) is 8.46. The number of aliphatic hydroxyl groups is 2. The Balaban J connectivity index is 0.000000228. The highest BCUT2D eigenvalue weighted by Crippen LogP contribution is 2.66. The third-order valence-corrected chi connectivity index (χ3v) is 11.4. The largest absolute Gasteiger partial charge is 0.487 e. The van der Waals surface area contributed by atoms with Crippen LogP contribution in [0.4, 0.5) is 5.69 Å². The highest BCUT2D eigenvalue weighted by atomic mass is 16.5. The number of aliphatic hydroxyl groups excluding tert-OH is 1. The molecule has 3 N–H and O–H groups in total. The van der Waals surface area contributed by atoms with Gasteiger partial charge in [-0.3, -0.25) is 4.79 Å². The number of para-hydroxylation sites is 2. The van der Waals surface area contributed by atoms with Crippen molar-refractivity contribution < 1.29 is 24.5 Å². The normalized spacial score (nSPS) is 27.0. The Labute approximate surface area is 305 Å². The molecule has 2 aromatic carbocycles. The van der Waals surface area contributed by atoms with Gasteiger partial charge in [0.05, 0.1) is 0 Å². The molecule has 2 fully saturated rings. The fourth-order valence-electron chi connectivity index (χ4n) is 8.84. The Morgan fingerprint density at radius 2 is 1.76 bits per heavy atom. The summed E-state index contributed by atoms with van der Waals surface area (Å²) in [4.78, 5) is 14.3. The first-order chi connectivity index (χ1) is 24.4. The number of allylic oxidation sites excluding steroid dienone is 4. The molecule has 2 aromatic rings. The average molecular weight is 695 g/mol. The second kappa shape index (κ2) is 16.7. The summed E-state index contributed by atoms with van der Waals surface area (Å²) in [6.45, 7) is 13.0. The lowest BCUT2D eigenvalue weighted by atomic mass is 9.51. The number of carbonyl (C=O) groups excluding carboxylic acids is 1.